The first-order chi connectivity index (χ1) is 9.47. The highest BCUT2D eigenvalue weighted by Crippen LogP contribution is 2.21. The van der Waals surface area contributed by atoms with Crippen LogP contribution in [-0.2, 0) is 0 Å². The minimum Gasteiger partial charge on any atom is -0.435 e. The van der Waals surface area contributed by atoms with Gasteiger partial charge in [-0.3, -0.25) is 4.79 Å². The molecule has 110 valence electrons. The molecule has 1 amide bonds. The lowest BCUT2D eigenvalue weighted by Crippen LogP contribution is -2.48. The highest BCUT2D eigenvalue weighted by atomic mass is 19.3. The molecule has 0 radical (unpaired) electrons. The standard InChI is InChI=1S/C14H18F2N2O2/c1-9-7-11(17)5-6-18(9)13(19)10-3-2-4-12(8-10)20-14(15)16/h2-4,8-9,11,14H,5-7,17H2,1H3. The fraction of sp³-hybridized carbons (Fsp3) is 0.500. The van der Waals surface area contributed by atoms with Crippen LogP contribution in [0.25, 0.3) is 0 Å². The van der Waals surface area contributed by atoms with Gasteiger partial charge in [0.25, 0.3) is 5.91 Å². The Morgan fingerprint density at radius 3 is 2.90 bits per heavy atom. The summed E-state index contributed by atoms with van der Waals surface area (Å²) < 4.78 is 28.7. The number of piperidine rings is 1. The quantitative estimate of drug-likeness (QED) is 0.926. The highest BCUT2D eigenvalue weighted by Gasteiger charge is 2.27. The summed E-state index contributed by atoms with van der Waals surface area (Å²) in [6.45, 7) is -0.371. The topological polar surface area (TPSA) is 55.6 Å². The van der Waals surface area contributed by atoms with Crippen LogP contribution in [0.3, 0.4) is 0 Å². The Hall–Kier alpha value is -1.69. The number of amides is 1. The summed E-state index contributed by atoms with van der Waals surface area (Å²) in [7, 11) is 0. The molecule has 4 nitrogen and oxygen atoms in total. The number of likely N-dealkylation sites (tertiary alicyclic amines) is 1. The van der Waals surface area contributed by atoms with Crippen molar-refractivity contribution in [1.29, 1.82) is 0 Å². The number of carbonyl (C=O) groups excluding carboxylic acids is 1. The summed E-state index contributed by atoms with van der Waals surface area (Å²) in [6.07, 6.45) is 1.50. The van der Waals surface area contributed by atoms with Crippen LogP contribution < -0.4 is 10.5 Å². The van der Waals surface area contributed by atoms with Crippen molar-refractivity contribution in [3.63, 3.8) is 0 Å². The van der Waals surface area contributed by atoms with Crippen LogP contribution in [0.5, 0.6) is 5.75 Å². The van der Waals surface area contributed by atoms with Gasteiger partial charge in [0.2, 0.25) is 0 Å². The van der Waals surface area contributed by atoms with E-state index in [1.807, 2.05) is 6.92 Å². The molecule has 2 atom stereocenters. The molecule has 2 rings (SSSR count). The molecular formula is C14H18F2N2O2. The zero-order chi connectivity index (χ0) is 14.7. The van der Waals surface area contributed by atoms with Crippen molar-refractivity contribution in [2.45, 2.75) is 38.5 Å². The maximum atomic E-state index is 12.4. The first-order valence-electron chi connectivity index (χ1n) is 6.59. The molecule has 1 aliphatic rings. The Balaban J connectivity index is 2.12. The molecule has 1 fully saturated rings. The monoisotopic (exact) mass is 284 g/mol. The summed E-state index contributed by atoms with van der Waals surface area (Å²) in [6, 6.07) is 6.04. The number of hydrogen-bond acceptors (Lipinski definition) is 3. The number of halogens is 2. The van der Waals surface area contributed by atoms with Crippen molar-refractivity contribution in [2.75, 3.05) is 6.54 Å². The van der Waals surface area contributed by atoms with Gasteiger partial charge in [-0.2, -0.15) is 8.78 Å². The van der Waals surface area contributed by atoms with Gasteiger partial charge in [0.1, 0.15) is 5.75 Å². The molecule has 20 heavy (non-hydrogen) atoms. The van der Waals surface area contributed by atoms with E-state index in [-0.39, 0.29) is 23.7 Å². The van der Waals surface area contributed by atoms with E-state index in [1.165, 1.54) is 18.2 Å². The van der Waals surface area contributed by atoms with Gasteiger partial charge in [-0.1, -0.05) is 6.07 Å². The van der Waals surface area contributed by atoms with E-state index in [4.69, 9.17) is 5.73 Å². The Bertz CT molecular complexity index is 482. The third kappa shape index (κ3) is 3.45. The van der Waals surface area contributed by atoms with Crippen molar-refractivity contribution in [3.8, 4) is 5.75 Å². The summed E-state index contributed by atoms with van der Waals surface area (Å²) in [5.74, 6) is -0.184. The zero-order valence-corrected chi connectivity index (χ0v) is 11.3. The largest absolute Gasteiger partial charge is 0.435 e. The van der Waals surface area contributed by atoms with Crippen molar-refractivity contribution >= 4 is 5.91 Å². The summed E-state index contributed by atoms with van der Waals surface area (Å²) in [5, 5.41) is 0. The maximum absolute atomic E-state index is 12.4. The molecule has 0 aliphatic carbocycles. The van der Waals surface area contributed by atoms with Gasteiger partial charge >= 0.3 is 6.61 Å². The number of alkyl halides is 2. The van der Waals surface area contributed by atoms with Crippen LogP contribution in [0.2, 0.25) is 0 Å². The minimum atomic E-state index is -2.90. The zero-order valence-electron chi connectivity index (χ0n) is 11.3. The van der Waals surface area contributed by atoms with Crippen LogP contribution in [0.4, 0.5) is 8.78 Å². The Kier molecular flexibility index (Phi) is 4.54. The van der Waals surface area contributed by atoms with Crippen molar-refractivity contribution in [2.24, 2.45) is 5.73 Å². The van der Waals surface area contributed by atoms with Gasteiger partial charge < -0.3 is 15.4 Å². The molecule has 0 spiro atoms. The van der Waals surface area contributed by atoms with Crippen molar-refractivity contribution < 1.29 is 18.3 Å². The van der Waals surface area contributed by atoms with E-state index in [2.05, 4.69) is 4.74 Å². The average molecular weight is 284 g/mol. The number of nitrogens with two attached hydrogens (primary N) is 1. The summed E-state index contributed by atoms with van der Waals surface area (Å²) >= 11 is 0. The number of nitrogens with zero attached hydrogens (tertiary/aromatic N) is 1. The SMILES string of the molecule is CC1CC(N)CCN1C(=O)c1cccc(OC(F)F)c1. The third-order valence-corrected chi connectivity index (χ3v) is 3.48. The van der Waals surface area contributed by atoms with E-state index in [1.54, 1.807) is 11.0 Å². The number of carbonyl (C=O) groups is 1. The number of ether oxygens (including phenoxy) is 1. The van der Waals surface area contributed by atoms with Crippen LogP contribution in [0.1, 0.15) is 30.1 Å². The second-order valence-corrected chi connectivity index (χ2v) is 5.04. The smallest absolute Gasteiger partial charge is 0.387 e. The van der Waals surface area contributed by atoms with Gasteiger partial charge in [0, 0.05) is 24.2 Å². The molecule has 0 aromatic heterocycles. The van der Waals surface area contributed by atoms with E-state index in [9.17, 15) is 13.6 Å². The van der Waals surface area contributed by atoms with Crippen molar-refractivity contribution in [1.82, 2.24) is 4.90 Å². The van der Waals surface area contributed by atoms with Crippen LogP contribution in [0, 0.1) is 0 Å². The molecule has 2 unspecified atom stereocenters. The molecule has 1 heterocycles. The molecular weight excluding hydrogens is 266 g/mol. The van der Waals surface area contributed by atoms with Crippen LogP contribution in [0.15, 0.2) is 24.3 Å². The minimum absolute atomic E-state index is 0.00721. The Morgan fingerprint density at radius 1 is 1.50 bits per heavy atom. The van der Waals surface area contributed by atoms with Gasteiger partial charge in [0.05, 0.1) is 0 Å². The predicted octanol–water partition coefficient (Wildman–Crippen LogP) is 2.24. The van der Waals surface area contributed by atoms with Crippen molar-refractivity contribution in [3.05, 3.63) is 29.8 Å². The van der Waals surface area contributed by atoms with E-state index in [0.29, 0.717) is 12.1 Å². The first-order valence-corrected chi connectivity index (χ1v) is 6.59. The third-order valence-electron chi connectivity index (χ3n) is 3.48. The van der Waals surface area contributed by atoms with Gasteiger partial charge in [-0.15, -0.1) is 0 Å². The molecule has 1 aromatic rings. The van der Waals surface area contributed by atoms with E-state index >= 15 is 0 Å². The van der Waals surface area contributed by atoms with Crippen LogP contribution >= 0.6 is 0 Å². The average Bonchev–Trinajstić information content (AvgIpc) is 2.37. The molecule has 1 aliphatic heterocycles. The summed E-state index contributed by atoms with van der Waals surface area (Å²) in [5.41, 5.74) is 6.22. The highest BCUT2D eigenvalue weighted by molar-refractivity contribution is 5.94. The molecule has 1 saturated heterocycles. The number of rotatable bonds is 3. The van der Waals surface area contributed by atoms with E-state index < -0.39 is 6.61 Å². The number of benzene rings is 1. The lowest BCUT2D eigenvalue weighted by Gasteiger charge is -2.36. The second kappa shape index (κ2) is 6.17. The normalized spacial score (nSPS) is 22.9. The number of hydrogen-bond donors (Lipinski definition) is 1. The van der Waals surface area contributed by atoms with Crippen LogP contribution in [-0.4, -0.2) is 36.0 Å². The molecule has 0 bridgehead atoms. The molecule has 6 heteroatoms. The first kappa shape index (κ1) is 14.7. The Morgan fingerprint density at radius 2 is 2.25 bits per heavy atom. The molecule has 1 aromatic carbocycles. The van der Waals surface area contributed by atoms with Gasteiger partial charge in [0.15, 0.2) is 0 Å². The van der Waals surface area contributed by atoms with Gasteiger partial charge in [-0.05, 0) is 38.0 Å². The molecule has 0 saturated carbocycles. The summed E-state index contributed by atoms with van der Waals surface area (Å²) in [4.78, 5) is 14.1. The fourth-order valence-electron chi connectivity index (χ4n) is 2.48. The maximum Gasteiger partial charge on any atom is 0.387 e. The van der Waals surface area contributed by atoms with Gasteiger partial charge in [-0.25, -0.2) is 0 Å². The fourth-order valence-corrected chi connectivity index (χ4v) is 2.48. The van der Waals surface area contributed by atoms with E-state index in [0.717, 1.165) is 12.8 Å². The predicted molar refractivity (Wildman–Crippen MR) is 70.8 cm³/mol. The second-order valence-electron chi connectivity index (χ2n) is 5.04. The Labute approximate surface area is 116 Å². The lowest BCUT2D eigenvalue weighted by atomic mass is 9.98. The molecule has 2 N–H and O–H groups in total. The lowest BCUT2D eigenvalue weighted by molar-refractivity contribution is -0.0499.